The molecule has 0 aliphatic carbocycles. The summed E-state index contributed by atoms with van der Waals surface area (Å²) in [5.74, 6) is -2.79. The number of hydrogen-bond acceptors (Lipinski definition) is 4. The van der Waals surface area contributed by atoms with E-state index in [1.807, 2.05) is 24.4 Å². The van der Waals surface area contributed by atoms with E-state index in [-0.39, 0.29) is 17.9 Å². The first-order valence-corrected chi connectivity index (χ1v) is 11.3. The van der Waals surface area contributed by atoms with Crippen molar-refractivity contribution in [2.75, 3.05) is 31.1 Å². The van der Waals surface area contributed by atoms with Crippen LogP contribution in [0.25, 0.3) is 0 Å². The lowest BCUT2D eigenvalue weighted by molar-refractivity contribution is 0.0882. The van der Waals surface area contributed by atoms with Gasteiger partial charge in [-0.1, -0.05) is 12.1 Å². The van der Waals surface area contributed by atoms with Gasteiger partial charge in [0.25, 0.3) is 5.91 Å². The number of thiophene rings is 1. The third-order valence-corrected chi connectivity index (χ3v) is 6.70. The maximum atomic E-state index is 14.1. The van der Waals surface area contributed by atoms with Gasteiger partial charge in [-0.25, -0.2) is 13.2 Å². The Morgan fingerprint density at radius 1 is 0.938 bits per heavy atom. The van der Waals surface area contributed by atoms with Crippen LogP contribution in [-0.2, 0) is 0 Å². The molecular formula is C24H24F3N3OS. The van der Waals surface area contributed by atoms with Gasteiger partial charge in [-0.15, -0.1) is 11.3 Å². The molecule has 1 amide bonds. The van der Waals surface area contributed by atoms with Crippen molar-refractivity contribution in [2.45, 2.75) is 19.0 Å². The van der Waals surface area contributed by atoms with E-state index in [0.717, 1.165) is 48.9 Å². The van der Waals surface area contributed by atoms with Crippen LogP contribution in [0, 0.1) is 17.5 Å². The predicted molar refractivity (Wildman–Crippen MR) is 121 cm³/mol. The lowest BCUT2D eigenvalue weighted by Gasteiger charge is -2.42. The van der Waals surface area contributed by atoms with Crippen LogP contribution in [0.5, 0.6) is 0 Å². The zero-order valence-electron chi connectivity index (χ0n) is 17.6. The number of rotatable bonds is 6. The Morgan fingerprint density at radius 3 is 2.19 bits per heavy atom. The van der Waals surface area contributed by atoms with Gasteiger partial charge in [-0.3, -0.25) is 9.69 Å². The molecule has 3 aromatic rings. The third kappa shape index (κ3) is 4.81. The molecular weight excluding hydrogens is 435 g/mol. The number of amides is 1. The molecule has 1 aliphatic heterocycles. The van der Waals surface area contributed by atoms with Crippen molar-refractivity contribution in [3.8, 4) is 0 Å². The molecule has 2 heterocycles. The van der Waals surface area contributed by atoms with E-state index in [0.29, 0.717) is 0 Å². The number of anilines is 1. The molecule has 168 valence electrons. The monoisotopic (exact) mass is 459 g/mol. The van der Waals surface area contributed by atoms with Crippen LogP contribution in [0.1, 0.15) is 28.2 Å². The molecule has 1 saturated heterocycles. The maximum absolute atomic E-state index is 14.1. The van der Waals surface area contributed by atoms with Gasteiger partial charge in [0.05, 0.1) is 6.04 Å². The molecule has 1 aliphatic rings. The van der Waals surface area contributed by atoms with Crippen LogP contribution in [0.4, 0.5) is 18.9 Å². The van der Waals surface area contributed by atoms with E-state index < -0.39 is 23.1 Å². The molecule has 0 radical (unpaired) electrons. The quantitative estimate of drug-likeness (QED) is 0.573. The van der Waals surface area contributed by atoms with Gasteiger partial charge in [-0.05, 0) is 54.8 Å². The number of piperazine rings is 1. The normalized spacial score (nSPS) is 16.6. The molecule has 1 aromatic heterocycles. The fourth-order valence-corrected chi connectivity index (χ4v) is 5.15. The van der Waals surface area contributed by atoms with Gasteiger partial charge in [0.15, 0.2) is 0 Å². The molecule has 8 heteroatoms. The Morgan fingerprint density at radius 2 is 1.59 bits per heavy atom. The van der Waals surface area contributed by atoms with Crippen molar-refractivity contribution in [3.05, 3.63) is 87.9 Å². The predicted octanol–water partition coefficient (Wildman–Crippen LogP) is 4.85. The molecule has 0 spiro atoms. The fourth-order valence-electron chi connectivity index (χ4n) is 4.18. The number of nitrogens with zero attached hydrogens (tertiary/aromatic N) is 2. The molecule has 0 bridgehead atoms. The number of hydrogen-bond donors (Lipinski definition) is 1. The molecule has 2 atom stereocenters. The second kappa shape index (κ2) is 9.75. The van der Waals surface area contributed by atoms with Crippen molar-refractivity contribution in [1.82, 2.24) is 10.2 Å². The number of carbonyl (C=O) groups excluding carboxylic acids is 1. The minimum Gasteiger partial charge on any atom is -0.369 e. The first-order chi connectivity index (χ1) is 15.4. The zero-order chi connectivity index (χ0) is 22.7. The van der Waals surface area contributed by atoms with E-state index in [1.54, 1.807) is 23.5 Å². The zero-order valence-corrected chi connectivity index (χ0v) is 18.4. The van der Waals surface area contributed by atoms with Crippen LogP contribution in [0.3, 0.4) is 0 Å². The maximum Gasteiger partial charge on any atom is 0.257 e. The van der Waals surface area contributed by atoms with Gasteiger partial charge < -0.3 is 10.2 Å². The molecule has 0 saturated carbocycles. The number of benzene rings is 2. The summed E-state index contributed by atoms with van der Waals surface area (Å²) in [6.07, 6.45) is 0. The first-order valence-electron chi connectivity index (χ1n) is 10.5. The van der Waals surface area contributed by atoms with E-state index in [1.165, 1.54) is 18.2 Å². The molecule has 2 aromatic carbocycles. The van der Waals surface area contributed by atoms with Gasteiger partial charge in [0.1, 0.15) is 23.0 Å². The van der Waals surface area contributed by atoms with Crippen molar-refractivity contribution >= 4 is 22.9 Å². The van der Waals surface area contributed by atoms with E-state index in [2.05, 4.69) is 15.1 Å². The summed E-state index contributed by atoms with van der Waals surface area (Å²) in [4.78, 5) is 18.2. The fraction of sp³-hybridized carbons (Fsp3) is 0.292. The van der Waals surface area contributed by atoms with Crippen LogP contribution in [0.15, 0.2) is 60.0 Å². The molecule has 4 rings (SSSR count). The minimum atomic E-state index is -0.879. The first kappa shape index (κ1) is 22.4. The van der Waals surface area contributed by atoms with Crippen LogP contribution in [0.2, 0.25) is 0 Å². The molecule has 32 heavy (non-hydrogen) atoms. The Hall–Kier alpha value is -2.84. The van der Waals surface area contributed by atoms with Crippen molar-refractivity contribution in [3.63, 3.8) is 0 Å². The third-order valence-electron chi connectivity index (χ3n) is 5.76. The van der Waals surface area contributed by atoms with Gasteiger partial charge in [0, 0.05) is 42.8 Å². The smallest absolute Gasteiger partial charge is 0.257 e. The summed E-state index contributed by atoms with van der Waals surface area (Å²) in [7, 11) is 0. The summed E-state index contributed by atoms with van der Waals surface area (Å²) in [5, 5.41) is 4.78. The second-order valence-corrected chi connectivity index (χ2v) is 8.80. The lowest BCUT2D eigenvalue weighted by atomic mass is 10.0. The number of nitrogens with one attached hydrogen (secondary N) is 1. The van der Waals surface area contributed by atoms with Crippen molar-refractivity contribution in [1.29, 1.82) is 0 Å². The van der Waals surface area contributed by atoms with Gasteiger partial charge in [0.2, 0.25) is 0 Å². The Balaban J connectivity index is 1.48. The van der Waals surface area contributed by atoms with Gasteiger partial charge in [-0.2, -0.15) is 0 Å². The van der Waals surface area contributed by atoms with Crippen LogP contribution < -0.4 is 10.2 Å². The summed E-state index contributed by atoms with van der Waals surface area (Å²) >= 11 is 1.58. The highest BCUT2D eigenvalue weighted by molar-refractivity contribution is 7.10. The van der Waals surface area contributed by atoms with E-state index in [9.17, 15) is 18.0 Å². The largest absolute Gasteiger partial charge is 0.369 e. The molecule has 0 unspecified atom stereocenters. The average Bonchev–Trinajstić information content (AvgIpc) is 3.29. The Labute approximate surface area is 189 Å². The van der Waals surface area contributed by atoms with Crippen LogP contribution in [-0.4, -0.2) is 43.0 Å². The molecule has 1 fully saturated rings. The second-order valence-electron chi connectivity index (χ2n) is 7.82. The Bertz CT molecular complexity index is 1030. The molecule has 1 N–H and O–H groups in total. The summed E-state index contributed by atoms with van der Waals surface area (Å²) < 4.78 is 41.4. The van der Waals surface area contributed by atoms with Crippen molar-refractivity contribution < 1.29 is 18.0 Å². The minimum absolute atomic E-state index is 0.135. The topological polar surface area (TPSA) is 35.6 Å². The summed E-state index contributed by atoms with van der Waals surface area (Å²) in [6, 6.07) is 13.3. The van der Waals surface area contributed by atoms with E-state index in [4.69, 9.17) is 0 Å². The standard InChI is InChI=1S/C24H24F3N3OS/c1-16(28-24(31)22-19(26)4-2-5-20(22)27)23(21-6-3-15-32-21)30-13-11-29(12-14-30)18-9-7-17(25)8-10-18/h2-10,15-16,23H,11-14H2,1H3,(H,28,31)/t16-,23-/m1/s1. The highest BCUT2D eigenvalue weighted by atomic mass is 32.1. The average molecular weight is 460 g/mol. The van der Waals surface area contributed by atoms with Crippen LogP contribution >= 0.6 is 11.3 Å². The summed E-state index contributed by atoms with van der Waals surface area (Å²) in [5.41, 5.74) is 0.403. The number of halogens is 3. The van der Waals surface area contributed by atoms with Gasteiger partial charge >= 0.3 is 0 Å². The molecule has 4 nitrogen and oxygen atoms in total. The highest BCUT2D eigenvalue weighted by Gasteiger charge is 2.32. The summed E-state index contributed by atoms with van der Waals surface area (Å²) in [6.45, 7) is 4.81. The highest BCUT2D eigenvalue weighted by Crippen LogP contribution is 2.30. The van der Waals surface area contributed by atoms with E-state index >= 15 is 0 Å². The van der Waals surface area contributed by atoms with Crippen molar-refractivity contribution in [2.24, 2.45) is 0 Å². The lowest BCUT2D eigenvalue weighted by Crippen LogP contribution is -2.52. The Kier molecular flexibility index (Phi) is 6.81. The SMILES string of the molecule is C[C@@H](NC(=O)c1c(F)cccc1F)[C@H](c1cccs1)N1CCN(c2ccc(F)cc2)CC1. The number of carbonyl (C=O) groups is 1.